The van der Waals surface area contributed by atoms with Crippen LogP contribution in [-0.4, -0.2) is 0 Å². The number of hydrogen-bond donors (Lipinski definition) is 1. The highest BCUT2D eigenvalue weighted by Gasteiger charge is 2.27. The Morgan fingerprint density at radius 2 is 2.27 bits per heavy atom. The summed E-state index contributed by atoms with van der Waals surface area (Å²) < 4.78 is 5.49. The minimum absolute atomic E-state index is 0.0998. The fourth-order valence-electron chi connectivity index (χ4n) is 2.75. The van der Waals surface area contributed by atoms with E-state index in [2.05, 4.69) is 13.8 Å². The maximum absolute atomic E-state index is 6.28. The summed E-state index contributed by atoms with van der Waals surface area (Å²) in [4.78, 5) is 0. The van der Waals surface area contributed by atoms with Crippen molar-refractivity contribution >= 4 is 0 Å². The largest absolute Gasteiger partial charge is 0.467 e. The van der Waals surface area contributed by atoms with Crippen molar-refractivity contribution in [1.29, 1.82) is 0 Å². The molecule has 0 aromatic carbocycles. The summed E-state index contributed by atoms with van der Waals surface area (Å²) in [5.74, 6) is 2.43. The van der Waals surface area contributed by atoms with Crippen LogP contribution in [0.25, 0.3) is 0 Å². The van der Waals surface area contributed by atoms with Gasteiger partial charge in [0.1, 0.15) is 5.76 Å². The van der Waals surface area contributed by atoms with Crippen LogP contribution >= 0.6 is 0 Å². The van der Waals surface area contributed by atoms with E-state index in [-0.39, 0.29) is 6.04 Å². The van der Waals surface area contributed by atoms with Gasteiger partial charge in [-0.05, 0) is 43.2 Å². The zero-order valence-electron chi connectivity index (χ0n) is 9.70. The van der Waals surface area contributed by atoms with Crippen LogP contribution in [0.4, 0.5) is 0 Å². The SMILES string of the molecule is Cc1ccoc1C(N)C1CCCC(C)C1. The second kappa shape index (κ2) is 4.40. The molecule has 2 nitrogen and oxygen atoms in total. The van der Waals surface area contributed by atoms with Gasteiger partial charge in [-0.15, -0.1) is 0 Å². The Hall–Kier alpha value is -0.760. The van der Waals surface area contributed by atoms with Crippen LogP contribution in [0.1, 0.15) is 50.0 Å². The fourth-order valence-corrected chi connectivity index (χ4v) is 2.75. The molecule has 1 aromatic rings. The zero-order valence-corrected chi connectivity index (χ0v) is 9.70. The molecule has 3 atom stereocenters. The molecular formula is C13H21NO. The lowest BCUT2D eigenvalue weighted by Crippen LogP contribution is -2.26. The monoisotopic (exact) mass is 207 g/mol. The highest BCUT2D eigenvalue weighted by Crippen LogP contribution is 2.36. The number of rotatable bonds is 2. The van der Waals surface area contributed by atoms with Crippen LogP contribution in [0.3, 0.4) is 0 Å². The molecule has 3 unspecified atom stereocenters. The summed E-state index contributed by atoms with van der Waals surface area (Å²) in [7, 11) is 0. The minimum atomic E-state index is 0.0998. The lowest BCUT2D eigenvalue weighted by atomic mass is 9.78. The van der Waals surface area contributed by atoms with E-state index in [1.165, 1.54) is 31.2 Å². The highest BCUT2D eigenvalue weighted by molar-refractivity contribution is 5.18. The van der Waals surface area contributed by atoms with E-state index in [1.54, 1.807) is 6.26 Å². The molecular weight excluding hydrogens is 186 g/mol. The summed E-state index contributed by atoms with van der Waals surface area (Å²) in [6.07, 6.45) is 6.93. The molecule has 1 heterocycles. The molecule has 1 aliphatic rings. The molecule has 0 aliphatic heterocycles. The molecule has 0 bridgehead atoms. The van der Waals surface area contributed by atoms with E-state index in [9.17, 15) is 0 Å². The van der Waals surface area contributed by atoms with Crippen LogP contribution in [0, 0.1) is 18.8 Å². The van der Waals surface area contributed by atoms with Crippen molar-refractivity contribution in [2.24, 2.45) is 17.6 Å². The van der Waals surface area contributed by atoms with E-state index in [0.717, 1.165) is 11.7 Å². The topological polar surface area (TPSA) is 39.2 Å². The van der Waals surface area contributed by atoms with E-state index >= 15 is 0 Å². The van der Waals surface area contributed by atoms with Gasteiger partial charge in [-0.3, -0.25) is 0 Å². The molecule has 0 amide bonds. The normalized spacial score (nSPS) is 29.0. The van der Waals surface area contributed by atoms with Crippen molar-refractivity contribution < 1.29 is 4.42 Å². The molecule has 0 radical (unpaired) electrons. The van der Waals surface area contributed by atoms with Crippen LogP contribution in [-0.2, 0) is 0 Å². The van der Waals surface area contributed by atoms with Gasteiger partial charge < -0.3 is 10.2 Å². The van der Waals surface area contributed by atoms with Gasteiger partial charge in [-0.25, -0.2) is 0 Å². The van der Waals surface area contributed by atoms with Crippen molar-refractivity contribution in [3.63, 3.8) is 0 Å². The van der Waals surface area contributed by atoms with Gasteiger partial charge in [-0.1, -0.05) is 19.8 Å². The summed E-state index contributed by atoms with van der Waals surface area (Å²) in [6, 6.07) is 2.10. The molecule has 0 spiro atoms. The Bertz CT molecular complexity index is 318. The summed E-state index contributed by atoms with van der Waals surface area (Å²) in [6.45, 7) is 4.40. The van der Waals surface area contributed by atoms with Gasteiger partial charge in [0.25, 0.3) is 0 Å². The summed E-state index contributed by atoms with van der Waals surface area (Å²) >= 11 is 0. The van der Waals surface area contributed by atoms with E-state index in [1.807, 2.05) is 6.07 Å². The van der Waals surface area contributed by atoms with Crippen molar-refractivity contribution in [1.82, 2.24) is 0 Å². The molecule has 0 saturated heterocycles. The molecule has 1 aliphatic carbocycles. The third kappa shape index (κ3) is 2.25. The third-order valence-corrected chi connectivity index (χ3v) is 3.69. The van der Waals surface area contributed by atoms with Gasteiger partial charge in [-0.2, -0.15) is 0 Å². The summed E-state index contributed by atoms with van der Waals surface area (Å²) in [5, 5.41) is 0. The van der Waals surface area contributed by atoms with E-state index < -0.39 is 0 Å². The molecule has 84 valence electrons. The highest BCUT2D eigenvalue weighted by atomic mass is 16.3. The maximum atomic E-state index is 6.28. The first-order valence-electron chi connectivity index (χ1n) is 5.98. The van der Waals surface area contributed by atoms with Crippen molar-refractivity contribution in [2.75, 3.05) is 0 Å². The first-order valence-corrected chi connectivity index (χ1v) is 5.98. The maximum Gasteiger partial charge on any atom is 0.123 e. The van der Waals surface area contributed by atoms with Crippen LogP contribution in [0.5, 0.6) is 0 Å². The molecule has 2 heteroatoms. The molecule has 2 N–H and O–H groups in total. The number of nitrogens with two attached hydrogens (primary N) is 1. The average molecular weight is 207 g/mol. The lowest BCUT2D eigenvalue weighted by molar-refractivity contribution is 0.231. The third-order valence-electron chi connectivity index (χ3n) is 3.69. The zero-order chi connectivity index (χ0) is 10.8. The van der Waals surface area contributed by atoms with Crippen LogP contribution in [0.2, 0.25) is 0 Å². The molecule has 1 aromatic heterocycles. The standard InChI is InChI=1S/C13H21NO/c1-9-4-3-5-11(8-9)12(14)13-10(2)6-7-15-13/h6-7,9,11-12H,3-5,8,14H2,1-2H3. The molecule has 1 fully saturated rings. The Balaban J connectivity index is 2.07. The van der Waals surface area contributed by atoms with Crippen molar-refractivity contribution in [3.8, 4) is 0 Å². The van der Waals surface area contributed by atoms with Gasteiger partial charge >= 0.3 is 0 Å². The van der Waals surface area contributed by atoms with E-state index in [0.29, 0.717) is 5.92 Å². The number of aryl methyl sites for hydroxylation is 1. The van der Waals surface area contributed by atoms with Gasteiger partial charge in [0.15, 0.2) is 0 Å². The number of hydrogen-bond acceptors (Lipinski definition) is 2. The quantitative estimate of drug-likeness (QED) is 0.807. The van der Waals surface area contributed by atoms with E-state index in [4.69, 9.17) is 10.2 Å². The van der Waals surface area contributed by atoms with Gasteiger partial charge in [0.05, 0.1) is 12.3 Å². The Kier molecular flexibility index (Phi) is 3.15. The second-order valence-corrected chi connectivity index (χ2v) is 5.03. The lowest BCUT2D eigenvalue weighted by Gasteiger charge is -2.30. The number of furan rings is 1. The van der Waals surface area contributed by atoms with Gasteiger partial charge in [0.2, 0.25) is 0 Å². The predicted octanol–water partition coefficient (Wildman–Crippen LogP) is 3.41. The first kappa shape index (κ1) is 10.7. The Labute approximate surface area is 91.8 Å². The smallest absolute Gasteiger partial charge is 0.123 e. The molecule has 2 rings (SSSR count). The second-order valence-electron chi connectivity index (χ2n) is 5.03. The predicted molar refractivity (Wildman–Crippen MR) is 61.5 cm³/mol. The minimum Gasteiger partial charge on any atom is -0.467 e. The van der Waals surface area contributed by atoms with Crippen molar-refractivity contribution in [3.05, 3.63) is 23.7 Å². The van der Waals surface area contributed by atoms with Crippen molar-refractivity contribution in [2.45, 2.75) is 45.6 Å². The Morgan fingerprint density at radius 3 is 2.87 bits per heavy atom. The first-order chi connectivity index (χ1) is 7.18. The van der Waals surface area contributed by atoms with Crippen LogP contribution in [0.15, 0.2) is 16.7 Å². The average Bonchev–Trinajstić information content (AvgIpc) is 2.63. The van der Waals surface area contributed by atoms with Gasteiger partial charge in [0, 0.05) is 0 Å². The fraction of sp³-hybridized carbons (Fsp3) is 0.692. The molecule has 1 saturated carbocycles. The summed E-state index contributed by atoms with van der Waals surface area (Å²) in [5.41, 5.74) is 7.48. The van der Waals surface area contributed by atoms with Crippen LogP contribution < -0.4 is 5.73 Å². The molecule has 15 heavy (non-hydrogen) atoms. The Morgan fingerprint density at radius 1 is 1.47 bits per heavy atom.